The first-order valence-electron chi connectivity index (χ1n) is 8.91. The zero-order valence-electron chi connectivity index (χ0n) is 13.3. The molecule has 22 heavy (non-hydrogen) atoms. The Balaban J connectivity index is 1.35. The SMILES string of the molecule is O=C(CC(=O)N1CCNCC1)NC12CC3CC(CC(C3)C1)C2. The van der Waals surface area contributed by atoms with Crippen LogP contribution in [0, 0.1) is 17.8 Å². The van der Waals surface area contributed by atoms with E-state index in [-0.39, 0.29) is 23.8 Å². The molecule has 5 aliphatic rings. The number of amides is 2. The average molecular weight is 305 g/mol. The van der Waals surface area contributed by atoms with Crippen LogP contribution in [0.4, 0.5) is 0 Å². The van der Waals surface area contributed by atoms with Crippen molar-refractivity contribution in [3.8, 4) is 0 Å². The highest BCUT2D eigenvalue weighted by atomic mass is 16.2. The van der Waals surface area contributed by atoms with Crippen molar-refractivity contribution >= 4 is 11.8 Å². The lowest BCUT2D eigenvalue weighted by Gasteiger charge is -2.56. The van der Waals surface area contributed by atoms with Crippen LogP contribution in [0.25, 0.3) is 0 Å². The number of piperazine rings is 1. The summed E-state index contributed by atoms with van der Waals surface area (Å²) in [5.41, 5.74) is 0.0234. The van der Waals surface area contributed by atoms with E-state index in [4.69, 9.17) is 0 Å². The fraction of sp³-hybridized carbons (Fsp3) is 0.882. The standard InChI is InChI=1S/C17H27N3O2/c21-15(8-16(22)20-3-1-18-2-4-20)19-17-9-12-5-13(10-17)7-14(6-12)11-17/h12-14,18H,1-11H2,(H,19,21). The van der Waals surface area contributed by atoms with Gasteiger partial charge in [-0.05, 0) is 56.3 Å². The molecule has 5 heteroatoms. The first-order valence-corrected chi connectivity index (χ1v) is 8.91. The van der Waals surface area contributed by atoms with Gasteiger partial charge in [0.05, 0.1) is 0 Å². The zero-order chi connectivity index (χ0) is 15.2. The Labute approximate surface area is 132 Å². The summed E-state index contributed by atoms with van der Waals surface area (Å²) in [7, 11) is 0. The van der Waals surface area contributed by atoms with Crippen molar-refractivity contribution in [1.82, 2.24) is 15.5 Å². The molecular weight excluding hydrogens is 278 g/mol. The van der Waals surface area contributed by atoms with Gasteiger partial charge in [0.2, 0.25) is 11.8 Å². The van der Waals surface area contributed by atoms with Gasteiger partial charge in [-0.15, -0.1) is 0 Å². The number of carbonyl (C=O) groups excluding carboxylic acids is 2. The predicted molar refractivity (Wildman–Crippen MR) is 83.1 cm³/mol. The quantitative estimate of drug-likeness (QED) is 0.761. The van der Waals surface area contributed by atoms with Crippen molar-refractivity contribution in [3.63, 3.8) is 0 Å². The maximum absolute atomic E-state index is 12.4. The van der Waals surface area contributed by atoms with Gasteiger partial charge in [-0.2, -0.15) is 0 Å². The van der Waals surface area contributed by atoms with Gasteiger partial charge in [0.15, 0.2) is 0 Å². The molecule has 5 nitrogen and oxygen atoms in total. The largest absolute Gasteiger partial charge is 0.350 e. The molecule has 0 radical (unpaired) electrons. The first kappa shape index (κ1) is 14.5. The molecule has 0 aromatic rings. The number of hydrogen-bond donors (Lipinski definition) is 2. The maximum atomic E-state index is 12.4. The fourth-order valence-electron chi connectivity index (χ4n) is 5.77. The number of nitrogens with one attached hydrogen (secondary N) is 2. The smallest absolute Gasteiger partial charge is 0.232 e. The molecule has 1 aliphatic heterocycles. The lowest BCUT2D eigenvalue weighted by Crippen LogP contribution is -2.60. The van der Waals surface area contributed by atoms with Crippen LogP contribution in [-0.2, 0) is 9.59 Å². The molecule has 0 aromatic heterocycles. The topological polar surface area (TPSA) is 61.4 Å². The highest BCUT2D eigenvalue weighted by molar-refractivity contribution is 5.97. The Morgan fingerprint density at radius 2 is 1.55 bits per heavy atom. The van der Waals surface area contributed by atoms with Crippen LogP contribution in [0.1, 0.15) is 44.9 Å². The molecule has 4 saturated carbocycles. The minimum atomic E-state index is -0.0505. The molecule has 0 aromatic carbocycles. The molecule has 1 heterocycles. The summed E-state index contributed by atoms with van der Waals surface area (Å²) in [4.78, 5) is 26.5. The lowest BCUT2D eigenvalue weighted by atomic mass is 9.53. The second-order valence-electron chi connectivity index (χ2n) is 8.05. The molecule has 5 fully saturated rings. The van der Waals surface area contributed by atoms with E-state index in [1.807, 2.05) is 4.90 Å². The van der Waals surface area contributed by atoms with E-state index in [1.54, 1.807) is 0 Å². The molecular formula is C17H27N3O2. The maximum Gasteiger partial charge on any atom is 0.232 e. The monoisotopic (exact) mass is 305 g/mol. The number of rotatable bonds is 3. The van der Waals surface area contributed by atoms with Gasteiger partial charge in [-0.1, -0.05) is 0 Å². The van der Waals surface area contributed by atoms with E-state index in [2.05, 4.69) is 10.6 Å². The first-order chi connectivity index (χ1) is 10.6. The highest BCUT2D eigenvalue weighted by Crippen LogP contribution is 2.55. The number of nitrogens with zero attached hydrogens (tertiary/aromatic N) is 1. The second kappa shape index (κ2) is 5.52. The number of carbonyl (C=O) groups is 2. The van der Waals surface area contributed by atoms with Gasteiger partial charge in [-0.3, -0.25) is 9.59 Å². The molecule has 0 spiro atoms. The van der Waals surface area contributed by atoms with E-state index < -0.39 is 0 Å². The molecule has 4 aliphatic carbocycles. The van der Waals surface area contributed by atoms with E-state index in [0.717, 1.165) is 63.2 Å². The summed E-state index contributed by atoms with van der Waals surface area (Å²) in [5.74, 6) is 2.38. The third kappa shape index (κ3) is 2.75. The van der Waals surface area contributed by atoms with E-state index in [9.17, 15) is 9.59 Å². The van der Waals surface area contributed by atoms with Gasteiger partial charge in [0.25, 0.3) is 0 Å². The third-order valence-electron chi connectivity index (χ3n) is 6.22. The van der Waals surface area contributed by atoms with Crippen molar-refractivity contribution in [1.29, 1.82) is 0 Å². The van der Waals surface area contributed by atoms with Crippen LogP contribution in [0.5, 0.6) is 0 Å². The molecule has 122 valence electrons. The fourth-order valence-corrected chi connectivity index (χ4v) is 5.77. The van der Waals surface area contributed by atoms with Gasteiger partial charge in [0, 0.05) is 31.7 Å². The van der Waals surface area contributed by atoms with Gasteiger partial charge in [-0.25, -0.2) is 0 Å². The second-order valence-corrected chi connectivity index (χ2v) is 8.05. The minimum Gasteiger partial charge on any atom is -0.350 e. The molecule has 1 saturated heterocycles. The predicted octanol–water partition coefficient (Wildman–Crippen LogP) is 0.893. The Morgan fingerprint density at radius 3 is 2.09 bits per heavy atom. The van der Waals surface area contributed by atoms with Crippen LogP contribution in [0.2, 0.25) is 0 Å². The summed E-state index contributed by atoms with van der Waals surface area (Å²) >= 11 is 0. The van der Waals surface area contributed by atoms with Crippen LogP contribution < -0.4 is 10.6 Å². The van der Waals surface area contributed by atoms with Crippen molar-refractivity contribution in [2.45, 2.75) is 50.5 Å². The van der Waals surface area contributed by atoms with Crippen LogP contribution in [0.15, 0.2) is 0 Å². The average Bonchev–Trinajstić information content (AvgIpc) is 2.45. The van der Waals surface area contributed by atoms with Crippen LogP contribution in [-0.4, -0.2) is 48.4 Å². The highest BCUT2D eigenvalue weighted by Gasteiger charge is 2.51. The van der Waals surface area contributed by atoms with Gasteiger partial charge in [0.1, 0.15) is 6.42 Å². The molecule has 5 rings (SSSR count). The molecule has 2 N–H and O–H groups in total. The molecule has 0 unspecified atom stereocenters. The Morgan fingerprint density at radius 1 is 1.00 bits per heavy atom. The number of hydrogen-bond acceptors (Lipinski definition) is 3. The summed E-state index contributed by atoms with van der Waals surface area (Å²) in [6, 6.07) is 0. The summed E-state index contributed by atoms with van der Waals surface area (Å²) in [6.07, 6.45) is 7.58. The van der Waals surface area contributed by atoms with E-state index >= 15 is 0 Å². The van der Waals surface area contributed by atoms with Gasteiger partial charge >= 0.3 is 0 Å². The van der Waals surface area contributed by atoms with Crippen molar-refractivity contribution < 1.29 is 9.59 Å². The Bertz CT molecular complexity index is 435. The minimum absolute atomic E-state index is 0.0104. The Hall–Kier alpha value is -1.10. The van der Waals surface area contributed by atoms with Crippen LogP contribution in [0.3, 0.4) is 0 Å². The zero-order valence-corrected chi connectivity index (χ0v) is 13.3. The van der Waals surface area contributed by atoms with Gasteiger partial charge < -0.3 is 15.5 Å². The van der Waals surface area contributed by atoms with Crippen molar-refractivity contribution in [2.24, 2.45) is 17.8 Å². The molecule has 4 bridgehead atoms. The van der Waals surface area contributed by atoms with Crippen molar-refractivity contribution in [3.05, 3.63) is 0 Å². The lowest BCUT2D eigenvalue weighted by molar-refractivity contribution is -0.138. The summed E-state index contributed by atoms with van der Waals surface area (Å²) in [6.45, 7) is 3.12. The van der Waals surface area contributed by atoms with E-state index in [1.165, 1.54) is 19.3 Å². The molecule has 2 amide bonds. The Kier molecular flexibility index (Phi) is 3.63. The summed E-state index contributed by atoms with van der Waals surface area (Å²) in [5, 5.41) is 6.52. The van der Waals surface area contributed by atoms with Crippen molar-refractivity contribution in [2.75, 3.05) is 26.2 Å². The summed E-state index contributed by atoms with van der Waals surface area (Å²) < 4.78 is 0. The third-order valence-corrected chi connectivity index (χ3v) is 6.22. The molecule has 0 atom stereocenters. The van der Waals surface area contributed by atoms with Crippen LogP contribution >= 0.6 is 0 Å². The van der Waals surface area contributed by atoms with E-state index in [0.29, 0.717) is 0 Å². The normalized spacial score (nSPS) is 39.8.